The van der Waals surface area contributed by atoms with E-state index in [-0.39, 0.29) is 17.2 Å². The SMILES string of the molecule is COc1ccc(-c2ccnc(Nc3ccc(S(=O)(=O)NCCN(C)C)c(OC)c3)n2)cc1C#N. The summed E-state index contributed by atoms with van der Waals surface area (Å²) in [6, 6.07) is 13.7. The van der Waals surface area contributed by atoms with Crippen molar-refractivity contribution in [2.45, 2.75) is 4.90 Å². The van der Waals surface area contributed by atoms with Gasteiger partial charge in [-0.1, -0.05) is 0 Å². The second-order valence-corrected chi connectivity index (χ2v) is 9.22. The minimum absolute atomic E-state index is 0.0382. The number of rotatable bonds is 10. The summed E-state index contributed by atoms with van der Waals surface area (Å²) in [7, 11) is 2.90. The topological polar surface area (TPSA) is 129 Å². The van der Waals surface area contributed by atoms with Crippen LogP contribution in [0.5, 0.6) is 11.5 Å². The first-order valence-corrected chi connectivity index (χ1v) is 11.8. The summed E-state index contributed by atoms with van der Waals surface area (Å²) in [4.78, 5) is 10.7. The summed E-state index contributed by atoms with van der Waals surface area (Å²) in [6.07, 6.45) is 1.59. The second-order valence-electron chi connectivity index (χ2n) is 7.48. The highest BCUT2D eigenvalue weighted by molar-refractivity contribution is 7.89. The molecule has 0 spiro atoms. The van der Waals surface area contributed by atoms with Crippen LogP contribution < -0.4 is 19.5 Å². The zero-order valence-corrected chi connectivity index (χ0v) is 20.2. The number of hydrogen-bond acceptors (Lipinski definition) is 9. The van der Waals surface area contributed by atoms with Gasteiger partial charge >= 0.3 is 0 Å². The third-order valence-electron chi connectivity index (χ3n) is 4.83. The molecule has 178 valence electrons. The van der Waals surface area contributed by atoms with Crippen molar-refractivity contribution in [3.8, 4) is 28.8 Å². The second kappa shape index (κ2) is 10.9. The summed E-state index contributed by atoms with van der Waals surface area (Å²) < 4.78 is 38.4. The number of ether oxygens (including phenoxy) is 2. The molecule has 0 fully saturated rings. The predicted octanol–water partition coefficient (Wildman–Crippen LogP) is 2.62. The number of sulfonamides is 1. The average molecular weight is 483 g/mol. The molecule has 10 nitrogen and oxygen atoms in total. The summed E-state index contributed by atoms with van der Waals surface area (Å²) in [5.41, 5.74) is 2.28. The van der Waals surface area contributed by atoms with Crippen molar-refractivity contribution in [2.24, 2.45) is 0 Å². The van der Waals surface area contributed by atoms with Gasteiger partial charge in [-0.25, -0.2) is 23.1 Å². The molecule has 3 aromatic rings. The molecule has 2 aromatic carbocycles. The molecule has 11 heteroatoms. The number of nitrogens with zero attached hydrogens (tertiary/aromatic N) is 4. The molecule has 0 amide bonds. The fraction of sp³-hybridized carbons (Fsp3) is 0.261. The van der Waals surface area contributed by atoms with Crippen molar-refractivity contribution >= 4 is 21.7 Å². The van der Waals surface area contributed by atoms with E-state index in [1.165, 1.54) is 20.3 Å². The van der Waals surface area contributed by atoms with Crippen molar-refractivity contribution in [3.05, 3.63) is 54.2 Å². The van der Waals surface area contributed by atoms with Crippen LogP contribution in [-0.4, -0.2) is 64.7 Å². The lowest BCUT2D eigenvalue weighted by atomic mass is 10.1. The lowest BCUT2D eigenvalue weighted by Crippen LogP contribution is -2.31. The number of methoxy groups -OCH3 is 2. The van der Waals surface area contributed by atoms with Crippen LogP contribution in [-0.2, 0) is 10.0 Å². The molecule has 0 aliphatic rings. The Labute approximate surface area is 199 Å². The summed E-state index contributed by atoms with van der Waals surface area (Å²) in [5, 5.41) is 12.4. The summed E-state index contributed by atoms with van der Waals surface area (Å²) in [6.45, 7) is 0.844. The fourth-order valence-corrected chi connectivity index (χ4v) is 4.28. The minimum Gasteiger partial charge on any atom is -0.495 e. The quantitative estimate of drug-likeness (QED) is 0.448. The van der Waals surface area contributed by atoms with Gasteiger partial charge < -0.3 is 19.7 Å². The van der Waals surface area contributed by atoms with Crippen LogP contribution in [0.15, 0.2) is 53.6 Å². The van der Waals surface area contributed by atoms with Crippen molar-refractivity contribution in [1.29, 1.82) is 5.26 Å². The number of hydrogen-bond donors (Lipinski definition) is 2. The Morgan fingerprint density at radius 3 is 2.50 bits per heavy atom. The molecule has 1 aromatic heterocycles. The highest BCUT2D eigenvalue weighted by Gasteiger charge is 2.20. The van der Waals surface area contributed by atoms with E-state index < -0.39 is 10.0 Å². The monoisotopic (exact) mass is 482 g/mol. The van der Waals surface area contributed by atoms with E-state index in [1.54, 1.807) is 42.6 Å². The van der Waals surface area contributed by atoms with Gasteiger partial charge in [-0.2, -0.15) is 5.26 Å². The van der Waals surface area contributed by atoms with Gasteiger partial charge in [0.15, 0.2) is 0 Å². The number of nitriles is 1. The Morgan fingerprint density at radius 2 is 1.82 bits per heavy atom. The number of likely N-dealkylation sites (N-methyl/N-ethyl adjacent to an activating group) is 1. The third-order valence-corrected chi connectivity index (χ3v) is 6.33. The minimum atomic E-state index is -3.74. The Bertz CT molecular complexity index is 1310. The number of benzene rings is 2. The van der Waals surface area contributed by atoms with Crippen LogP contribution in [0, 0.1) is 11.3 Å². The first-order chi connectivity index (χ1) is 16.3. The lowest BCUT2D eigenvalue weighted by Gasteiger charge is -2.14. The Hall–Kier alpha value is -3.72. The van der Waals surface area contributed by atoms with Gasteiger partial charge in [0, 0.05) is 36.6 Å². The predicted molar refractivity (Wildman–Crippen MR) is 129 cm³/mol. The number of anilines is 2. The first-order valence-electron chi connectivity index (χ1n) is 10.3. The van der Waals surface area contributed by atoms with Crippen LogP contribution in [0.4, 0.5) is 11.6 Å². The van der Waals surface area contributed by atoms with Gasteiger partial charge in [0.1, 0.15) is 22.5 Å². The average Bonchev–Trinajstić information content (AvgIpc) is 2.83. The van der Waals surface area contributed by atoms with E-state index >= 15 is 0 Å². The lowest BCUT2D eigenvalue weighted by molar-refractivity contribution is 0.400. The molecule has 1 heterocycles. The van der Waals surface area contributed by atoms with E-state index in [0.717, 1.165) is 5.56 Å². The maximum Gasteiger partial charge on any atom is 0.244 e. The molecular weight excluding hydrogens is 456 g/mol. The smallest absolute Gasteiger partial charge is 0.244 e. The summed E-state index contributed by atoms with van der Waals surface area (Å²) in [5.74, 6) is 0.970. The van der Waals surface area contributed by atoms with Crippen molar-refractivity contribution < 1.29 is 17.9 Å². The molecule has 0 saturated carbocycles. The molecule has 3 rings (SSSR count). The van der Waals surface area contributed by atoms with Crippen molar-refractivity contribution in [1.82, 2.24) is 19.6 Å². The van der Waals surface area contributed by atoms with Crippen LogP contribution in [0.3, 0.4) is 0 Å². The van der Waals surface area contributed by atoms with Crippen molar-refractivity contribution in [3.63, 3.8) is 0 Å². The Kier molecular flexibility index (Phi) is 8.01. The number of nitrogens with one attached hydrogen (secondary N) is 2. The maximum absolute atomic E-state index is 12.7. The normalized spacial score (nSPS) is 11.2. The Balaban J connectivity index is 1.83. The van der Waals surface area contributed by atoms with Crippen LogP contribution >= 0.6 is 0 Å². The van der Waals surface area contributed by atoms with Gasteiger partial charge in [0.2, 0.25) is 16.0 Å². The van der Waals surface area contributed by atoms with Gasteiger partial charge in [-0.15, -0.1) is 0 Å². The van der Waals surface area contributed by atoms with E-state index in [1.807, 2.05) is 19.0 Å². The standard InChI is InChI=1S/C23H26N6O4S/c1-29(2)12-11-26-34(30,31)22-8-6-18(14-21(22)33-4)27-23-25-10-9-19(28-23)16-5-7-20(32-3)17(13-16)15-24/h5-10,13-14,26H,11-12H2,1-4H3,(H,25,27,28). The molecule has 2 N–H and O–H groups in total. The molecule has 0 unspecified atom stereocenters. The van der Waals surface area contributed by atoms with Gasteiger partial charge in [-0.05, 0) is 50.5 Å². The molecular formula is C23H26N6O4S. The highest BCUT2D eigenvalue weighted by Crippen LogP contribution is 2.29. The van der Waals surface area contributed by atoms with E-state index in [2.05, 4.69) is 26.1 Å². The third kappa shape index (κ3) is 5.99. The molecule has 0 radical (unpaired) electrons. The van der Waals surface area contributed by atoms with E-state index in [0.29, 0.717) is 35.2 Å². The fourth-order valence-electron chi connectivity index (χ4n) is 3.11. The van der Waals surface area contributed by atoms with E-state index in [9.17, 15) is 13.7 Å². The van der Waals surface area contributed by atoms with Crippen LogP contribution in [0.2, 0.25) is 0 Å². The molecule has 0 bridgehead atoms. The van der Waals surface area contributed by atoms with Crippen molar-refractivity contribution in [2.75, 3.05) is 46.7 Å². The van der Waals surface area contributed by atoms with Crippen LogP contribution in [0.1, 0.15) is 5.56 Å². The molecule has 0 saturated heterocycles. The molecule has 0 atom stereocenters. The van der Waals surface area contributed by atoms with E-state index in [4.69, 9.17) is 9.47 Å². The molecule has 0 aliphatic heterocycles. The number of aromatic nitrogens is 2. The van der Waals surface area contributed by atoms with Crippen LogP contribution in [0.25, 0.3) is 11.3 Å². The zero-order valence-electron chi connectivity index (χ0n) is 19.4. The highest BCUT2D eigenvalue weighted by atomic mass is 32.2. The molecule has 0 aliphatic carbocycles. The largest absolute Gasteiger partial charge is 0.495 e. The van der Waals surface area contributed by atoms with Gasteiger partial charge in [0.25, 0.3) is 0 Å². The zero-order chi connectivity index (χ0) is 24.7. The maximum atomic E-state index is 12.7. The van der Waals surface area contributed by atoms with Gasteiger partial charge in [-0.3, -0.25) is 0 Å². The Morgan fingerprint density at radius 1 is 1.06 bits per heavy atom. The molecule has 34 heavy (non-hydrogen) atoms. The summed E-state index contributed by atoms with van der Waals surface area (Å²) >= 11 is 0. The van der Waals surface area contributed by atoms with Gasteiger partial charge in [0.05, 0.1) is 25.5 Å². The first kappa shape index (κ1) is 24.9.